The lowest BCUT2D eigenvalue weighted by molar-refractivity contribution is -0.122. The Labute approximate surface area is 106 Å². The van der Waals surface area contributed by atoms with Crippen LogP contribution >= 0.6 is 0 Å². The average Bonchev–Trinajstić information content (AvgIpc) is 2.52. The van der Waals surface area contributed by atoms with Gasteiger partial charge in [0.2, 0.25) is 5.91 Å². The maximum atomic E-state index is 11.7. The van der Waals surface area contributed by atoms with Crippen LogP contribution in [0.15, 0.2) is 0 Å². The highest BCUT2D eigenvalue weighted by Crippen LogP contribution is 2.11. The molecule has 0 bridgehead atoms. The molecular formula is C14H28N2O. The molecule has 3 nitrogen and oxygen atoms in total. The van der Waals surface area contributed by atoms with E-state index in [1.807, 2.05) is 0 Å². The molecular weight excluding hydrogens is 212 g/mol. The smallest absolute Gasteiger partial charge is 0.220 e. The SMILES string of the molecule is CCCCC(=O)NC1CCCCN(CCC)C1. The molecule has 0 saturated carbocycles. The molecule has 1 saturated heterocycles. The van der Waals surface area contributed by atoms with E-state index in [0.717, 1.165) is 25.8 Å². The third kappa shape index (κ3) is 6.06. The van der Waals surface area contributed by atoms with E-state index in [1.165, 1.54) is 32.4 Å². The fraction of sp³-hybridized carbons (Fsp3) is 0.929. The Hall–Kier alpha value is -0.570. The van der Waals surface area contributed by atoms with Crippen LogP contribution in [-0.4, -0.2) is 36.5 Å². The van der Waals surface area contributed by atoms with Crippen molar-refractivity contribution < 1.29 is 4.79 Å². The van der Waals surface area contributed by atoms with Crippen molar-refractivity contribution in [1.82, 2.24) is 10.2 Å². The second-order valence-corrected chi connectivity index (χ2v) is 5.16. The van der Waals surface area contributed by atoms with Crippen LogP contribution in [0, 0.1) is 0 Å². The Morgan fingerprint density at radius 3 is 2.82 bits per heavy atom. The molecule has 0 aromatic carbocycles. The first-order valence-corrected chi connectivity index (χ1v) is 7.28. The maximum Gasteiger partial charge on any atom is 0.220 e. The molecule has 1 amide bonds. The Kier molecular flexibility index (Phi) is 7.25. The summed E-state index contributed by atoms with van der Waals surface area (Å²) in [5.74, 6) is 0.246. The molecule has 1 unspecified atom stereocenters. The van der Waals surface area contributed by atoms with Gasteiger partial charge in [-0.2, -0.15) is 0 Å². The molecule has 17 heavy (non-hydrogen) atoms. The van der Waals surface area contributed by atoms with E-state index in [0.29, 0.717) is 12.5 Å². The molecule has 0 radical (unpaired) electrons. The van der Waals surface area contributed by atoms with Gasteiger partial charge < -0.3 is 10.2 Å². The van der Waals surface area contributed by atoms with Crippen molar-refractivity contribution in [3.8, 4) is 0 Å². The number of nitrogens with one attached hydrogen (secondary N) is 1. The second-order valence-electron chi connectivity index (χ2n) is 5.16. The van der Waals surface area contributed by atoms with Crippen LogP contribution in [0.5, 0.6) is 0 Å². The second kappa shape index (κ2) is 8.51. The van der Waals surface area contributed by atoms with E-state index in [1.54, 1.807) is 0 Å². The van der Waals surface area contributed by atoms with Crippen LogP contribution in [0.4, 0.5) is 0 Å². The van der Waals surface area contributed by atoms with Crippen molar-refractivity contribution in [2.45, 2.75) is 64.8 Å². The first-order valence-electron chi connectivity index (χ1n) is 7.28. The van der Waals surface area contributed by atoms with E-state index < -0.39 is 0 Å². The molecule has 1 fully saturated rings. The average molecular weight is 240 g/mol. The van der Waals surface area contributed by atoms with Gasteiger partial charge in [0.1, 0.15) is 0 Å². The van der Waals surface area contributed by atoms with Crippen LogP contribution < -0.4 is 5.32 Å². The normalized spacial score (nSPS) is 22.1. The fourth-order valence-corrected chi connectivity index (χ4v) is 2.49. The molecule has 0 spiro atoms. The molecule has 3 heteroatoms. The number of carbonyl (C=O) groups is 1. The van der Waals surface area contributed by atoms with Gasteiger partial charge in [0.25, 0.3) is 0 Å². The summed E-state index contributed by atoms with van der Waals surface area (Å²) in [4.78, 5) is 14.2. The van der Waals surface area contributed by atoms with Gasteiger partial charge in [-0.3, -0.25) is 4.79 Å². The summed E-state index contributed by atoms with van der Waals surface area (Å²) in [5, 5.41) is 3.20. The summed E-state index contributed by atoms with van der Waals surface area (Å²) in [6.07, 6.45) is 7.69. The van der Waals surface area contributed by atoms with Crippen molar-refractivity contribution in [1.29, 1.82) is 0 Å². The number of amides is 1. The van der Waals surface area contributed by atoms with Crippen LogP contribution in [0.1, 0.15) is 58.8 Å². The van der Waals surface area contributed by atoms with Gasteiger partial charge in [0.05, 0.1) is 0 Å². The lowest BCUT2D eigenvalue weighted by Gasteiger charge is -2.24. The Balaban J connectivity index is 2.32. The van der Waals surface area contributed by atoms with Crippen LogP contribution in [0.3, 0.4) is 0 Å². The third-order valence-electron chi connectivity index (χ3n) is 3.42. The zero-order valence-electron chi connectivity index (χ0n) is 11.5. The van der Waals surface area contributed by atoms with Gasteiger partial charge in [-0.15, -0.1) is 0 Å². The molecule has 1 aliphatic rings. The predicted molar refractivity (Wildman–Crippen MR) is 72.0 cm³/mol. The first kappa shape index (κ1) is 14.5. The van der Waals surface area contributed by atoms with Crippen molar-refractivity contribution in [2.24, 2.45) is 0 Å². The van der Waals surface area contributed by atoms with E-state index in [9.17, 15) is 4.79 Å². The van der Waals surface area contributed by atoms with Gasteiger partial charge in [-0.1, -0.05) is 26.7 Å². The summed E-state index contributed by atoms with van der Waals surface area (Å²) in [7, 11) is 0. The summed E-state index contributed by atoms with van der Waals surface area (Å²) in [6.45, 7) is 7.77. The molecule has 1 rings (SSSR count). The molecule has 0 aromatic rings. The fourth-order valence-electron chi connectivity index (χ4n) is 2.49. The standard InChI is InChI=1S/C14H28N2O/c1-3-5-9-14(17)15-13-8-6-7-11-16(12-13)10-4-2/h13H,3-12H2,1-2H3,(H,15,17). The van der Waals surface area contributed by atoms with E-state index >= 15 is 0 Å². The molecule has 1 aliphatic heterocycles. The number of likely N-dealkylation sites (tertiary alicyclic amines) is 1. The van der Waals surface area contributed by atoms with Gasteiger partial charge in [-0.25, -0.2) is 0 Å². The Bertz CT molecular complexity index is 218. The van der Waals surface area contributed by atoms with Gasteiger partial charge in [0.15, 0.2) is 0 Å². The zero-order chi connectivity index (χ0) is 12.5. The monoisotopic (exact) mass is 240 g/mol. The van der Waals surface area contributed by atoms with Gasteiger partial charge in [0, 0.05) is 19.0 Å². The van der Waals surface area contributed by atoms with Crippen molar-refractivity contribution in [3.05, 3.63) is 0 Å². The van der Waals surface area contributed by atoms with Crippen LogP contribution in [0.2, 0.25) is 0 Å². The minimum atomic E-state index is 0.246. The number of nitrogens with zero attached hydrogens (tertiary/aromatic N) is 1. The van der Waals surface area contributed by atoms with Crippen LogP contribution in [-0.2, 0) is 4.79 Å². The van der Waals surface area contributed by atoms with E-state index in [-0.39, 0.29) is 5.91 Å². The minimum Gasteiger partial charge on any atom is -0.352 e. The van der Waals surface area contributed by atoms with Gasteiger partial charge in [-0.05, 0) is 38.8 Å². The van der Waals surface area contributed by atoms with Crippen LogP contribution in [0.25, 0.3) is 0 Å². The molecule has 1 atom stereocenters. The Morgan fingerprint density at radius 1 is 1.29 bits per heavy atom. The molecule has 1 N–H and O–H groups in total. The number of hydrogen-bond donors (Lipinski definition) is 1. The highest BCUT2D eigenvalue weighted by Gasteiger charge is 2.18. The van der Waals surface area contributed by atoms with Crippen molar-refractivity contribution >= 4 is 5.91 Å². The molecule has 1 heterocycles. The quantitative estimate of drug-likeness (QED) is 0.774. The summed E-state index contributed by atoms with van der Waals surface area (Å²) < 4.78 is 0. The topological polar surface area (TPSA) is 32.3 Å². The summed E-state index contributed by atoms with van der Waals surface area (Å²) >= 11 is 0. The first-order chi connectivity index (χ1) is 8.26. The molecule has 100 valence electrons. The summed E-state index contributed by atoms with van der Waals surface area (Å²) in [5.41, 5.74) is 0. The Morgan fingerprint density at radius 2 is 2.12 bits per heavy atom. The molecule has 0 aromatic heterocycles. The predicted octanol–water partition coefficient (Wildman–Crippen LogP) is 2.56. The highest BCUT2D eigenvalue weighted by molar-refractivity contribution is 5.76. The summed E-state index contributed by atoms with van der Waals surface area (Å²) in [6, 6.07) is 0.383. The van der Waals surface area contributed by atoms with Crippen molar-refractivity contribution in [2.75, 3.05) is 19.6 Å². The maximum absolute atomic E-state index is 11.7. The highest BCUT2D eigenvalue weighted by atomic mass is 16.1. The van der Waals surface area contributed by atoms with E-state index in [2.05, 4.69) is 24.1 Å². The number of unbranched alkanes of at least 4 members (excludes halogenated alkanes) is 1. The number of carbonyl (C=O) groups excluding carboxylic acids is 1. The van der Waals surface area contributed by atoms with Gasteiger partial charge >= 0.3 is 0 Å². The number of rotatable bonds is 6. The van der Waals surface area contributed by atoms with E-state index in [4.69, 9.17) is 0 Å². The molecule has 0 aliphatic carbocycles. The van der Waals surface area contributed by atoms with Crippen molar-refractivity contribution in [3.63, 3.8) is 0 Å². The largest absolute Gasteiger partial charge is 0.352 e. The lowest BCUT2D eigenvalue weighted by Crippen LogP contribution is -2.42. The lowest BCUT2D eigenvalue weighted by atomic mass is 10.1. The number of hydrogen-bond acceptors (Lipinski definition) is 2. The minimum absolute atomic E-state index is 0.246. The zero-order valence-corrected chi connectivity index (χ0v) is 11.5. The third-order valence-corrected chi connectivity index (χ3v) is 3.42.